The normalized spacial score (nSPS) is 10.1. The van der Waals surface area contributed by atoms with Crippen LogP contribution in [-0.4, -0.2) is 30.0 Å². The first-order valence-electron chi connectivity index (χ1n) is 7.84. The highest BCUT2D eigenvalue weighted by Crippen LogP contribution is 2.08. The number of pyridine rings is 1. The third kappa shape index (κ3) is 6.08. The molecule has 3 amide bonds. The topological polar surface area (TPSA) is 83.1 Å². The van der Waals surface area contributed by atoms with Gasteiger partial charge < -0.3 is 10.6 Å². The lowest BCUT2D eigenvalue weighted by molar-refractivity contribution is -0.120. The number of benzene rings is 1. The molecule has 0 radical (unpaired) electrons. The van der Waals surface area contributed by atoms with Gasteiger partial charge in [0.15, 0.2) is 0 Å². The summed E-state index contributed by atoms with van der Waals surface area (Å²) < 4.78 is 0. The van der Waals surface area contributed by atoms with Gasteiger partial charge in [0.25, 0.3) is 0 Å². The Kier molecular flexibility index (Phi) is 6.31. The Morgan fingerprint density at radius 2 is 1.79 bits per heavy atom. The molecule has 1 heterocycles. The molecule has 0 bridgehead atoms. The number of hydrogen-bond donors (Lipinski definition) is 3. The predicted octanol–water partition coefficient (Wildman–Crippen LogP) is 2.18. The summed E-state index contributed by atoms with van der Waals surface area (Å²) in [5, 5.41) is 7.91. The molecule has 0 unspecified atom stereocenters. The first kappa shape index (κ1) is 17.5. The van der Waals surface area contributed by atoms with E-state index in [1.54, 1.807) is 6.07 Å². The molecule has 0 aliphatic rings. The second kappa shape index (κ2) is 8.67. The molecule has 6 heteroatoms. The number of hydrogen-bond acceptors (Lipinski definition) is 3. The third-order valence-electron chi connectivity index (χ3n) is 3.33. The summed E-state index contributed by atoms with van der Waals surface area (Å²) >= 11 is 0. The number of rotatable bonds is 6. The van der Waals surface area contributed by atoms with Crippen LogP contribution < -0.4 is 16.0 Å². The van der Waals surface area contributed by atoms with Crippen molar-refractivity contribution in [3.8, 4) is 0 Å². The van der Waals surface area contributed by atoms with Crippen molar-refractivity contribution in [1.82, 2.24) is 15.6 Å². The van der Waals surface area contributed by atoms with E-state index in [0.717, 1.165) is 23.2 Å². The van der Waals surface area contributed by atoms with Crippen LogP contribution in [0.25, 0.3) is 0 Å². The Labute approximate surface area is 141 Å². The predicted molar refractivity (Wildman–Crippen MR) is 93.9 cm³/mol. The first-order valence-corrected chi connectivity index (χ1v) is 7.84. The number of nitrogens with one attached hydrogen (secondary N) is 3. The highest BCUT2D eigenvalue weighted by atomic mass is 16.2. The summed E-state index contributed by atoms with van der Waals surface area (Å²) in [7, 11) is 0. The van der Waals surface area contributed by atoms with Gasteiger partial charge in [-0.25, -0.2) is 9.78 Å². The molecule has 0 fully saturated rings. The second-order valence-electron chi connectivity index (χ2n) is 5.56. The van der Waals surface area contributed by atoms with Crippen LogP contribution in [0.1, 0.15) is 16.8 Å². The smallest absolute Gasteiger partial charge is 0.320 e. The van der Waals surface area contributed by atoms with Crippen molar-refractivity contribution in [2.75, 3.05) is 18.4 Å². The monoisotopic (exact) mass is 326 g/mol. The van der Waals surface area contributed by atoms with Crippen molar-refractivity contribution >= 4 is 17.8 Å². The fraction of sp³-hybridized carbons (Fsp3) is 0.278. The number of carbonyl (C=O) groups is 2. The van der Waals surface area contributed by atoms with Gasteiger partial charge in [-0.2, -0.15) is 0 Å². The van der Waals surface area contributed by atoms with Gasteiger partial charge in [0.05, 0.1) is 6.54 Å². The number of amides is 3. The first-order chi connectivity index (χ1) is 11.5. The van der Waals surface area contributed by atoms with Gasteiger partial charge >= 0.3 is 6.03 Å². The van der Waals surface area contributed by atoms with Crippen molar-refractivity contribution < 1.29 is 9.59 Å². The molecule has 0 atom stereocenters. The standard InChI is InChI=1S/C18H22N4O2/c1-13-10-14(2)21-16(11-13)22-18(24)20-12-17(23)19-9-8-15-6-4-3-5-7-15/h3-7,10-11H,8-9,12H2,1-2H3,(H,19,23)(H2,20,21,22,24). The zero-order chi connectivity index (χ0) is 17.4. The average Bonchev–Trinajstić information content (AvgIpc) is 2.53. The molecule has 0 spiro atoms. The summed E-state index contributed by atoms with van der Waals surface area (Å²) in [6.45, 7) is 4.24. The number of nitrogens with zero attached hydrogens (tertiary/aromatic N) is 1. The van der Waals surface area contributed by atoms with Crippen LogP contribution in [0, 0.1) is 13.8 Å². The lowest BCUT2D eigenvalue weighted by Crippen LogP contribution is -2.39. The minimum atomic E-state index is -0.453. The maximum Gasteiger partial charge on any atom is 0.320 e. The van der Waals surface area contributed by atoms with E-state index in [9.17, 15) is 9.59 Å². The van der Waals surface area contributed by atoms with E-state index in [-0.39, 0.29) is 12.5 Å². The van der Waals surface area contributed by atoms with Gasteiger partial charge in [0.1, 0.15) is 5.82 Å². The lowest BCUT2D eigenvalue weighted by atomic mass is 10.1. The quantitative estimate of drug-likeness (QED) is 0.761. The van der Waals surface area contributed by atoms with E-state index < -0.39 is 6.03 Å². The van der Waals surface area contributed by atoms with E-state index in [4.69, 9.17) is 0 Å². The maximum absolute atomic E-state index is 11.8. The van der Waals surface area contributed by atoms with Crippen LogP contribution in [0.3, 0.4) is 0 Å². The number of carbonyl (C=O) groups excluding carboxylic acids is 2. The molecule has 2 aromatic rings. The minimum Gasteiger partial charge on any atom is -0.354 e. The van der Waals surface area contributed by atoms with Crippen LogP contribution in [0.15, 0.2) is 42.5 Å². The number of aryl methyl sites for hydroxylation is 2. The molecule has 0 saturated carbocycles. The molecule has 24 heavy (non-hydrogen) atoms. The molecule has 126 valence electrons. The van der Waals surface area contributed by atoms with Gasteiger partial charge in [0.2, 0.25) is 5.91 Å². The van der Waals surface area contributed by atoms with Gasteiger partial charge in [0, 0.05) is 12.2 Å². The van der Waals surface area contributed by atoms with Gasteiger partial charge in [-0.3, -0.25) is 10.1 Å². The Bertz CT molecular complexity index is 681. The molecule has 6 nitrogen and oxygen atoms in total. The lowest BCUT2D eigenvalue weighted by Gasteiger charge is -2.09. The minimum absolute atomic E-state index is 0.0780. The molecular weight excluding hydrogens is 304 g/mol. The maximum atomic E-state index is 11.8. The molecule has 2 rings (SSSR count). The van der Waals surface area contributed by atoms with E-state index in [2.05, 4.69) is 20.9 Å². The molecule has 3 N–H and O–H groups in total. The van der Waals surface area contributed by atoms with Crippen molar-refractivity contribution in [3.63, 3.8) is 0 Å². The summed E-state index contributed by atoms with van der Waals surface area (Å²) in [6.07, 6.45) is 0.755. The SMILES string of the molecule is Cc1cc(C)nc(NC(=O)NCC(=O)NCCc2ccccc2)c1. The summed E-state index contributed by atoms with van der Waals surface area (Å²) in [6, 6.07) is 13.1. The molecule has 1 aromatic heterocycles. The second-order valence-corrected chi connectivity index (χ2v) is 5.56. The van der Waals surface area contributed by atoms with Crippen molar-refractivity contribution in [1.29, 1.82) is 0 Å². The largest absolute Gasteiger partial charge is 0.354 e. The van der Waals surface area contributed by atoms with Crippen LogP contribution in [0.5, 0.6) is 0 Å². The van der Waals surface area contributed by atoms with Crippen molar-refractivity contribution in [3.05, 3.63) is 59.3 Å². The molecular formula is C18H22N4O2. The summed E-state index contributed by atoms with van der Waals surface area (Å²) in [5.41, 5.74) is 2.99. The molecule has 0 saturated heterocycles. The van der Waals surface area contributed by atoms with Gasteiger partial charge in [-0.15, -0.1) is 0 Å². The number of anilines is 1. The third-order valence-corrected chi connectivity index (χ3v) is 3.33. The summed E-state index contributed by atoms with van der Waals surface area (Å²) in [4.78, 5) is 27.7. The van der Waals surface area contributed by atoms with Crippen LogP contribution >= 0.6 is 0 Å². The van der Waals surface area contributed by atoms with Crippen molar-refractivity contribution in [2.45, 2.75) is 20.3 Å². The number of urea groups is 1. The van der Waals surface area contributed by atoms with E-state index in [0.29, 0.717) is 12.4 Å². The molecule has 0 aliphatic carbocycles. The van der Waals surface area contributed by atoms with Crippen LogP contribution in [0.4, 0.5) is 10.6 Å². The van der Waals surface area contributed by atoms with E-state index in [1.807, 2.05) is 50.2 Å². The Morgan fingerprint density at radius 3 is 2.50 bits per heavy atom. The Balaban J connectivity index is 1.68. The fourth-order valence-corrected chi connectivity index (χ4v) is 2.28. The van der Waals surface area contributed by atoms with Crippen LogP contribution in [0.2, 0.25) is 0 Å². The highest BCUT2D eigenvalue weighted by Gasteiger charge is 2.06. The molecule has 0 aliphatic heterocycles. The average molecular weight is 326 g/mol. The zero-order valence-electron chi connectivity index (χ0n) is 13.9. The van der Waals surface area contributed by atoms with E-state index >= 15 is 0 Å². The van der Waals surface area contributed by atoms with Crippen LogP contribution in [-0.2, 0) is 11.2 Å². The fourth-order valence-electron chi connectivity index (χ4n) is 2.28. The van der Waals surface area contributed by atoms with E-state index in [1.165, 1.54) is 0 Å². The Morgan fingerprint density at radius 1 is 1.04 bits per heavy atom. The summed E-state index contributed by atoms with van der Waals surface area (Å²) in [5.74, 6) is 0.240. The Hall–Kier alpha value is -2.89. The van der Waals surface area contributed by atoms with Gasteiger partial charge in [-0.1, -0.05) is 30.3 Å². The molecule has 1 aromatic carbocycles. The highest BCUT2D eigenvalue weighted by molar-refractivity contribution is 5.91. The zero-order valence-corrected chi connectivity index (χ0v) is 13.9. The van der Waals surface area contributed by atoms with Gasteiger partial charge in [-0.05, 0) is 43.5 Å². The van der Waals surface area contributed by atoms with Crippen molar-refractivity contribution in [2.24, 2.45) is 0 Å². The number of aromatic nitrogens is 1.